The molecule has 2 aromatic heterocycles. The van der Waals surface area contributed by atoms with Gasteiger partial charge in [0.15, 0.2) is 5.83 Å². The van der Waals surface area contributed by atoms with E-state index in [0.717, 1.165) is 59.8 Å². The Bertz CT molecular complexity index is 1640. The first-order chi connectivity index (χ1) is 21.2. The number of halogens is 1. The molecule has 0 bridgehead atoms. The number of aromatic nitrogens is 3. The zero-order valence-electron chi connectivity index (χ0n) is 25.7. The normalized spacial score (nSPS) is 20.5. The van der Waals surface area contributed by atoms with Crippen LogP contribution in [0.15, 0.2) is 36.8 Å². The number of hydrogen-bond donors (Lipinski definition) is 0. The summed E-state index contributed by atoms with van der Waals surface area (Å²) in [6.45, 7) is 11.3. The van der Waals surface area contributed by atoms with Crippen molar-refractivity contribution in [2.75, 3.05) is 56.2 Å². The summed E-state index contributed by atoms with van der Waals surface area (Å²) >= 11 is 0. The molecule has 6 rings (SSSR count). The fraction of sp³-hybridized carbons (Fsp3) is 0.485. The Balaban J connectivity index is 1.36. The van der Waals surface area contributed by atoms with Gasteiger partial charge < -0.3 is 24.3 Å². The summed E-state index contributed by atoms with van der Waals surface area (Å²) in [5, 5.41) is 11.8. The van der Waals surface area contributed by atoms with Crippen molar-refractivity contribution in [3.8, 4) is 12.1 Å². The predicted octanol–water partition coefficient (Wildman–Crippen LogP) is 4.09. The molecule has 0 N–H and O–H groups in total. The number of pyridine rings is 1. The van der Waals surface area contributed by atoms with Gasteiger partial charge in [0.05, 0.1) is 42.2 Å². The van der Waals surface area contributed by atoms with Crippen molar-refractivity contribution in [3.63, 3.8) is 0 Å². The van der Waals surface area contributed by atoms with Gasteiger partial charge in [-0.15, -0.1) is 0 Å². The fourth-order valence-electron chi connectivity index (χ4n) is 6.93. The number of anilines is 2. The number of amides is 1. The van der Waals surface area contributed by atoms with Gasteiger partial charge >= 0.3 is 6.01 Å². The topological polar surface area (TPSA) is 102 Å². The third-order valence-corrected chi connectivity index (χ3v) is 9.30. The van der Waals surface area contributed by atoms with Gasteiger partial charge in [-0.1, -0.05) is 24.8 Å². The molecule has 0 radical (unpaired) electrons. The number of ether oxygens (including phenoxy) is 1. The first-order valence-electron chi connectivity index (χ1n) is 15.3. The van der Waals surface area contributed by atoms with Crippen LogP contribution in [0, 0.1) is 25.2 Å². The summed E-state index contributed by atoms with van der Waals surface area (Å²) < 4.78 is 20.1. The van der Waals surface area contributed by atoms with Crippen LogP contribution < -0.4 is 14.5 Å². The summed E-state index contributed by atoms with van der Waals surface area (Å²) in [5.41, 5.74) is 5.23. The number of likely N-dealkylation sites (tertiary alicyclic amines) is 1. The largest absolute Gasteiger partial charge is 0.462 e. The number of rotatable bonds is 7. The van der Waals surface area contributed by atoms with E-state index < -0.39 is 17.8 Å². The second-order valence-corrected chi connectivity index (χ2v) is 12.1. The Morgan fingerprint density at radius 1 is 1.16 bits per heavy atom. The lowest BCUT2D eigenvalue weighted by Crippen LogP contribution is -2.55. The van der Waals surface area contributed by atoms with Gasteiger partial charge in [-0.25, -0.2) is 4.39 Å². The lowest BCUT2D eigenvalue weighted by Gasteiger charge is -2.42. The molecule has 0 aliphatic carbocycles. The number of piperazine rings is 1. The highest BCUT2D eigenvalue weighted by Crippen LogP contribution is 2.37. The molecule has 1 aromatic carbocycles. The van der Waals surface area contributed by atoms with Gasteiger partial charge in [-0.3, -0.25) is 9.78 Å². The Morgan fingerprint density at radius 3 is 2.75 bits per heavy atom. The quantitative estimate of drug-likeness (QED) is 0.372. The summed E-state index contributed by atoms with van der Waals surface area (Å²) in [6, 6.07) is 8.62. The zero-order chi connectivity index (χ0) is 31.0. The van der Waals surface area contributed by atoms with Gasteiger partial charge in [-0.2, -0.15) is 15.2 Å². The van der Waals surface area contributed by atoms with Crippen LogP contribution in [0.5, 0.6) is 6.01 Å². The highest BCUT2D eigenvalue weighted by Gasteiger charge is 2.35. The lowest BCUT2D eigenvalue weighted by atomic mass is 9.99. The Labute approximate surface area is 257 Å². The summed E-state index contributed by atoms with van der Waals surface area (Å²) in [5.74, 6) is -1.01. The summed E-state index contributed by atoms with van der Waals surface area (Å²) in [4.78, 5) is 35.3. The van der Waals surface area contributed by atoms with Crippen molar-refractivity contribution < 1.29 is 13.9 Å². The minimum atomic E-state index is -1.01. The van der Waals surface area contributed by atoms with Crippen molar-refractivity contribution in [1.82, 2.24) is 24.8 Å². The van der Waals surface area contributed by atoms with Crippen molar-refractivity contribution in [2.24, 2.45) is 0 Å². The second-order valence-electron chi connectivity index (χ2n) is 12.1. The van der Waals surface area contributed by atoms with Crippen molar-refractivity contribution >= 4 is 28.2 Å². The van der Waals surface area contributed by atoms with Gasteiger partial charge in [0.2, 0.25) is 0 Å². The molecule has 3 aromatic rings. The number of hydrogen-bond acceptors (Lipinski definition) is 9. The molecular weight excluding hydrogens is 559 g/mol. The molecule has 2 fully saturated rings. The van der Waals surface area contributed by atoms with Crippen molar-refractivity contribution in [3.05, 3.63) is 59.3 Å². The molecule has 1 amide bonds. The van der Waals surface area contributed by atoms with Crippen LogP contribution in [-0.4, -0.2) is 89.1 Å². The summed E-state index contributed by atoms with van der Waals surface area (Å²) in [7, 11) is 2.11. The monoisotopic (exact) mass is 598 g/mol. The minimum Gasteiger partial charge on any atom is -0.462 e. The summed E-state index contributed by atoms with van der Waals surface area (Å²) in [6.07, 6.45) is 4.94. The molecule has 44 heavy (non-hydrogen) atoms. The highest BCUT2D eigenvalue weighted by molar-refractivity contribution is 5.97. The number of nitrogens with zero attached hydrogens (tertiary/aromatic N) is 8. The molecule has 230 valence electrons. The van der Waals surface area contributed by atoms with Crippen LogP contribution in [0.3, 0.4) is 0 Å². The maximum atomic E-state index is 13.8. The fourth-order valence-corrected chi connectivity index (χ4v) is 6.93. The van der Waals surface area contributed by atoms with Crippen LogP contribution >= 0.6 is 0 Å². The van der Waals surface area contributed by atoms with E-state index in [1.54, 1.807) is 0 Å². The van der Waals surface area contributed by atoms with Crippen LogP contribution in [-0.2, 0) is 17.8 Å². The number of carbonyl (C=O) groups is 1. The molecule has 0 saturated carbocycles. The predicted molar refractivity (Wildman–Crippen MR) is 167 cm³/mol. The first kappa shape index (κ1) is 29.8. The van der Waals surface area contributed by atoms with E-state index in [0.29, 0.717) is 44.7 Å². The van der Waals surface area contributed by atoms with Gasteiger partial charge in [0.1, 0.15) is 12.4 Å². The minimum absolute atomic E-state index is 0.0840. The van der Waals surface area contributed by atoms with E-state index in [2.05, 4.69) is 66.4 Å². The molecule has 0 spiro atoms. The third kappa shape index (κ3) is 5.66. The number of aryl methyl sites for hydroxylation is 2. The van der Waals surface area contributed by atoms with Crippen LogP contribution in [0.4, 0.5) is 15.9 Å². The van der Waals surface area contributed by atoms with Gasteiger partial charge in [0, 0.05) is 54.8 Å². The molecule has 3 aliphatic heterocycles. The van der Waals surface area contributed by atoms with E-state index in [1.807, 2.05) is 6.20 Å². The van der Waals surface area contributed by atoms with E-state index in [4.69, 9.17) is 19.7 Å². The Morgan fingerprint density at radius 2 is 2.00 bits per heavy atom. The molecule has 2 atom stereocenters. The van der Waals surface area contributed by atoms with E-state index in [-0.39, 0.29) is 13.0 Å². The van der Waals surface area contributed by atoms with E-state index >= 15 is 0 Å². The number of nitriles is 1. The van der Waals surface area contributed by atoms with E-state index in [9.17, 15) is 14.4 Å². The smallest absolute Gasteiger partial charge is 0.318 e. The molecule has 3 aliphatic rings. The Hall–Kier alpha value is -4.30. The van der Waals surface area contributed by atoms with Gasteiger partial charge in [0.25, 0.3) is 5.91 Å². The maximum Gasteiger partial charge on any atom is 0.318 e. The molecule has 2 saturated heterocycles. The molecular formula is C33H39FN8O2. The average molecular weight is 599 g/mol. The number of fused-ring (bicyclic) bond motifs is 2. The number of likely N-dealkylation sites (N-methyl/N-ethyl adjacent to an activating group) is 1. The lowest BCUT2D eigenvalue weighted by molar-refractivity contribution is -0.131. The van der Waals surface area contributed by atoms with Crippen LogP contribution in [0.2, 0.25) is 0 Å². The SMILES string of the molecule is C=C(F)C(=O)N1CCN(c2nc(OC[C@@H]3CCCN3C)nc3c2CCN(c2c(C)ncc4cccc(C)c24)C3)C[C@@H]1CC#N. The maximum absolute atomic E-state index is 13.8. The zero-order valence-corrected chi connectivity index (χ0v) is 25.7. The van der Waals surface area contributed by atoms with Gasteiger partial charge in [-0.05, 0) is 52.3 Å². The molecule has 10 nitrogen and oxygen atoms in total. The van der Waals surface area contributed by atoms with Crippen LogP contribution in [0.1, 0.15) is 41.8 Å². The number of benzene rings is 1. The standard InChI is InChI=1S/C33H39FN8O2/c1-21-7-5-8-24-17-36-23(3)30(29(21)24)40-14-11-27-28(19-40)37-33(44-20-26-9-6-13-39(26)4)38-31(27)41-15-16-42(32(43)22(2)34)25(18-41)10-12-35/h5,7-8,17,25-26H,2,6,9-11,13-16,18-20H2,1,3-4H3/t25-,26-/m0/s1. The highest BCUT2D eigenvalue weighted by atomic mass is 19.1. The molecule has 11 heteroatoms. The van der Waals surface area contributed by atoms with Crippen molar-refractivity contribution in [2.45, 2.75) is 58.2 Å². The van der Waals surface area contributed by atoms with Crippen molar-refractivity contribution in [1.29, 1.82) is 5.26 Å². The average Bonchev–Trinajstić information content (AvgIpc) is 3.43. The first-order valence-corrected chi connectivity index (χ1v) is 15.3. The van der Waals surface area contributed by atoms with E-state index in [1.165, 1.54) is 15.8 Å². The Kier molecular flexibility index (Phi) is 8.36. The second kappa shape index (κ2) is 12.4. The molecule has 0 unspecified atom stereocenters. The third-order valence-electron chi connectivity index (χ3n) is 9.30. The number of carbonyl (C=O) groups excluding carboxylic acids is 1. The van der Waals surface area contributed by atoms with Crippen LogP contribution in [0.25, 0.3) is 10.8 Å². The molecule has 5 heterocycles.